The van der Waals surface area contributed by atoms with Gasteiger partial charge in [0.25, 0.3) is 0 Å². The van der Waals surface area contributed by atoms with Crippen LogP contribution < -0.4 is 5.32 Å². The molecule has 17 heavy (non-hydrogen) atoms. The van der Waals surface area contributed by atoms with Gasteiger partial charge in [0.1, 0.15) is 0 Å². The first-order valence-corrected chi connectivity index (χ1v) is 7.65. The molecule has 1 aliphatic carbocycles. The maximum absolute atomic E-state index is 3.71. The molecule has 0 spiro atoms. The van der Waals surface area contributed by atoms with Crippen molar-refractivity contribution in [2.24, 2.45) is 5.41 Å². The fourth-order valence-electron chi connectivity index (χ4n) is 2.94. The van der Waals surface area contributed by atoms with Crippen LogP contribution in [0, 0.1) is 5.41 Å². The number of hydrogen-bond donors (Lipinski definition) is 1. The predicted octanol–water partition coefficient (Wildman–Crippen LogP) is 2.76. The van der Waals surface area contributed by atoms with E-state index in [4.69, 9.17) is 0 Å². The van der Waals surface area contributed by atoms with E-state index >= 15 is 0 Å². The average Bonchev–Trinajstić information content (AvgIpc) is 2.25. The van der Waals surface area contributed by atoms with Crippen LogP contribution in [0.25, 0.3) is 0 Å². The monoisotopic (exact) mass is 251 g/mol. The second-order valence-corrected chi connectivity index (χ2v) is 8.03. The molecule has 0 aromatic rings. The normalized spacial score (nSPS) is 22.6. The lowest BCUT2D eigenvalue weighted by molar-refractivity contribution is 0.396. The van der Waals surface area contributed by atoms with E-state index in [9.17, 15) is 0 Å². The maximum Gasteiger partial charge on any atom is 0.0348 e. The quantitative estimate of drug-likeness (QED) is 0.744. The van der Waals surface area contributed by atoms with Crippen molar-refractivity contribution in [2.45, 2.75) is 67.0 Å². The Kier molecular flexibility index (Phi) is 3.81. The van der Waals surface area contributed by atoms with Crippen LogP contribution >= 0.6 is 0 Å². The molecule has 1 N–H and O–H groups in total. The molecule has 2 heteroatoms. The highest BCUT2D eigenvalue weighted by Gasteiger charge is 2.35. The number of rotatable bonds is 2. The predicted molar refractivity (Wildman–Crippen MR) is 81.5 cm³/mol. The summed E-state index contributed by atoms with van der Waals surface area (Å²) in [6.45, 7) is 18.3. The Bertz CT molecular complexity index is 380. The Morgan fingerprint density at radius 1 is 1.18 bits per heavy atom. The first kappa shape index (κ1) is 14.7. The topological polar surface area (TPSA) is 12.0 Å². The van der Waals surface area contributed by atoms with E-state index < -0.39 is 0 Å². The Labute approximate surface area is 110 Å². The lowest BCUT2D eigenvalue weighted by Gasteiger charge is -2.29. The molecule has 0 heterocycles. The Balaban J connectivity index is 3.11. The minimum absolute atomic E-state index is 0.176. The standard InChI is InChI=1S/C15H29NSi/c1-9-10(2)15(7,8)13(17)12(9)11(3)16-14(4,5)6/h11,16H,1-8,17H3. The number of allylic oxidation sites excluding steroid dienone is 2. The summed E-state index contributed by atoms with van der Waals surface area (Å²) >= 11 is 0. The van der Waals surface area contributed by atoms with E-state index in [-0.39, 0.29) is 5.54 Å². The molecule has 98 valence electrons. The van der Waals surface area contributed by atoms with E-state index in [2.05, 4.69) is 60.7 Å². The smallest absolute Gasteiger partial charge is 0.0348 e. The van der Waals surface area contributed by atoms with Crippen molar-refractivity contribution in [3.05, 3.63) is 21.9 Å². The summed E-state index contributed by atoms with van der Waals surface area (Å²) in [7, 11) is 1.16. The summed E-state index contributed by atoms with van der Waals surface area (Å²) in [6, 6.07) is 0.458. The van der Waals surface area contributed by atoms with Crippen LogP contribution in [0.1, 0.15) is 55.4 Å². The molecule has 0 aliphatic heterocycles. The molecule has 1 rings (SSSR count). The average molecular weight is 251 g/mol. The van der Waals surface area contributed by atoms with E-state index in [1.165, 1.54) is 5.57 Å². The molecular weight excluding hydrogens is 222 g/mol. The molecule has 0 fully saturated rings. The van der Waals surface area contributed by atoms with Crippen LogP contribution in [0.5, 0.6) is 0 Å². The molecular formula is C15H29NSi. The highest BCUT2D eigenvalue weighted by molar-refractivity contribution is 6.24. The van der Waals surface area contributed by atoms with Gasteiger partial charge in [-0.15, -0.1) is 0 Å². The van der Waals surface area contributed by atoms with Gasteiger partial charge in [0.15, 0.2) is 0 Å². The van der Waals surface area contributed by atoms with Gasteiger partial charge in [-0.1, -0.05) is 24.6 Å². The summed E-state index contributed by atoms with van der Waals surface area (Å²) in [5.41, 5.74) is 5.12. The van der Waals surface area contributed by atoms with Crippen LogP contribution in [-0.4, -0.2) is 21.8 Å². The van der Waals surface area contributed by atoms with Crippen molar-refractivity contribution in [3.63, 3.8) is 0 Å². The fraction of sp³-hybridized carbons (Fsp3) is 0.733. The minimum atomic E-state index is 0.176. The first-order chi connectivity index (χ1) is 7.48. The molecule has 0 bridgehead atoms. The Morgan fingerprint density at radius 2 is 1.65 bits per heavy atom. The molecule has 1 nitrogen and oxygen atoms in total. The Morgan fingerprint density at radius 3 is 1.94 bits per heavy atom. The summed E-state index contributed by atoms with van der Waals surface area (Å²) < 4.78 is 0. The zero-order chi connectivity index (χ0) is 13.6. The van der Waals surface area contributed by atoms with Gasteiger partial charge in [0.05, 0.1) is 0 Å². The zero-order valence-corrected chi connectivity index (χ0v) is 15.1. The van der Waals surface area contributed by atoms with Gasteiger partial charge in [0.2, 0.25) is 0 Å². The second-order valence-electron chi connectivity index (χ2n) is 7.03. The van der Waals surface area contributed by atoms with Crippen molar-refractivity contribution in [2.75, 3.05) is 0 Å². The summed E-state index contributed by atoms with van der Waals surface area (Å²) in [4.78, 5) is 0. The molecule has 0 amide bonds. The van der Waals surface area contributed by atoms with Crippen LogP contribution in [0.4, 0.5) is 0 Å². The van der Waals surface area contributed by atoms with Gasteiger partial charge in [-0.2, -0.15) is 0 Å². The van der Waals surface area contributed by atoms with Crippen molar-refractivity contribution in [1.82, 2.24) is 5.32 Å². The third kappa shape index (κ3) is 2.74. The molecule has 0 radical (unpaired) electrons. The largest absolute Gasteiger partial charge is 0.306 e. The van der Waals surface area contributed by atoms with Crippen LogP contribution in [-0.2, 0) is 0 Å². The van der Waals surface area contributed by atoms with Gasteiger partial charge in [0, 0.05) is 27.2 Å². The highest BCUT2D eigenvalue weighted by atomic mass is 28.1. The third-order valence-electron chi connectivity index (χ3n) is 4.33. The summed E-state index contributed by atoms with van der Waals surface area (Å²) in [6.07, 6.45) is 0. The molecule has 0 aromatic heterocycles. The number of hydrogen-bond acceptors (Lipinski definition) is 1. The lowest BCUT2D eigenvalue weighted by atomic mass is 9.87. The Hall–Kier alpha value is -0.343. The third-order valence-corrected chi connectivity index (χ3v) is 6.12. The lowest BCUT2D eigenvalue weighted by Crippen LogP contribution is -2.43. The molecule has 1 aliphatic rings. The van der Waals surface area contributed by atoms with E-state index in [1.54, 1.807) is 16.3 Å². The van der Waals surface area contributed by atoms with Gasteiger partial charge in [-0.3, -0.25) is 0 Å². The fourth-order valence-corrected chi connectivity index (χ4v) is 4.12. The maximum atomic E-state index is 3.71. The van der Waals surface area contributed by atoms with Crippen molar-refractivity contribution < 1.29 is 0 Å². The summed E-state index contributed by atoms with van der Waals surface area (Å²) in [5.74, 6) is 0. The van der Waals surface area contributed by atoms with Crippen molar-refractivity contribution in [1.29, 1.82) is 0 Å². The van der Waals surface area contributed by atoms with E-state index in [0.717, 1.165) is 10.2 Å². The van der Waals surface area contributed by atoms with E-state index in [0.29, 0.717) is 11.5 Å². The van der Waals surface area contributed by atoms with Crippen molar-refractivity contribution in [3.8, 4) is 0 Å². The van der Waals surface area contributed by atoms with Crippen LogP contribution in [0.15, 0.2) is 21.9 Å². The molecule has 0 aromatic carbocycles. The van der Waals surface area contributed by atoms with Gasteiger partial charge in [-0.05, 0) is 52.7 Å². The second kappa shape index (κ2) is 4.40. The van der Waals surface area contributed by atoms with Gasteiger partial charge in [-0.25, -0.2) is 0 Å². The van der Waals surface area contributed by atoms with Gasteiger partial charge >= 0.3 is 0 Å². The number of nitrogens with one attached hydrogen (secondary N) is 1. The summed E-state index contributed by atoms with van der Waals surface area (Å²) in [5, 5.41) is 5.37. The van der Waals surface area contributed by atoms with Crippen LogP contribution in [0.3, 0.4) is 0 Å². The zero-order valence-electron chi connectivity index (χ0n) is 13.1. The van der Waals surface area contributed by atoms with Gasteiger partial charge < -0.3 is 5.32 Å². The van der Waals surface area contributed by atoms with Crippen molar-refractivity contribution >= 4 is 10.2 Å². The van der Waals surface area contributed by atoms with E-state index in [1.807, 2.05) is 0 Å². The highest BCUT2D eigenvalue weighted by Crippen LogP contribution is 2.45. The van der Waals surface area contributed by atoms with Crippen LogP contribution in [0.2, 0.25) is 0 Å². The SMILES string of the molecule is CC1=C(C)C(C)(C)C([SiH3])=C1C(C)NC(C)(C)C. The molecule has 1 atom stereocenters. The molecule has 0 saturated carbocycles. The minimum Gasteiger partial charge on any atom is -0.306 e. The molecule has 0 saturated heterocycles. The molecule has 1 unspecified atom stereocenters. The first-order valence-electron chi connectivity index (χ1n) is 6.65.